The Kier molecular flexibility index (Phi) is 5.17. The lowest BCUT2D eigenvalue weighted by Crippen LogP contribution is -2.55. The monoisotopic (exact) mass is 326 g/mol. The molecule has 128 valence electrons. The van der Waals surface area contributed by atoms with Crippen molar-refractivity contribution < 1.29 is 9.90 Å². The summed E-state index contributed by atoms with van der Waals surface area (Å²) in [5, 5.41) is 11.9. The van der Waals surface area contributed by atoms with Crippen LogP contribution in [0.5, 0.6) is 0 Å². The van der Waals surface area contributed by atoms with Crippen LogP contribution < -0.4 is 0 Å². The summed E-state index contributed by atoms with van der Waals surface area (Å²) in [5.41, 5.74) is 1.09. The van der Waals surface area contributed by atoms with Crippen molar-refractivity contribution in [2.24, 2.45) is 0 Å². The Hall–Kier alpha value is -1.91. The van der Waals surface area contributed by atoms with Crippen molar-refractivity contribution in [3.05, 3.63) is 48.0 Å². The van der Waals surface area contributed by atoms with Crippen molar-refractivity contribution in [1.29, 1.82) is 0 Å². The molecule has 3 rings (SSSR count). The second-order valence-electron chi connectivity index (χ2n) is 6.85. The van der Waals surface area contributed by atoms with Crippen LogP contribution in [0, 0.1) is 0 Å². The molecule has 2 atom stereocenters. The molecule has 0 saturated carbocycles. The molecule has 2 aromatic carbocycles. The molecule has 1 N–H and O–H groups in total. The summed E-state index contributed by atoms with van der Waals surface area (Å²) in [5.74, 6) is 0.190. The molecule has 24 heavy (non-hydrogen) atoms. The number of fused-ring (bicyclic) bond motifs is 1. The van der Waals surface area contributed by atoms with Gasteiger partial charge < -0.3 is 10.0 Å². The summed E-state index contributed by atoms with van der Waals surface area (Å²) in [6, 6.07) is 14.7. The highest BCUT2D eigenvalue weighted by atomic mass is 16.3. The Bertz CT molecular complexity index is 708. The molecule has 0 unspecified atom stereocenters. The number of carbonyl (C=O) groups is 1. The minimum absolute atomic E-state index is 0.190. The van der Waals surface area contributed by atoms with Gasteiger partial charge in [0.25, 0.3) is 0 Å². The van der Waals surface area contributed by atoms with Crippen LogP contribution in [0.1, 0.15) is 19.4 Å². The van der Waals surface area contributed by atoms with Gasteiger partial charge in [0.15, 0.2) is 0 Å². The van der Waals surface area contributed by atoms with Gasteiger partial charge in [0.2, 0.25) is 5.91 Å². The fraction of sp³-hybridized carbons (Fsp3) is 0.450. The molecule has 0 radical (unpaired) electrons. The van der Waals surface area contributed by atoms with Crippen LogP contribution in [-0.2, 0) is 11.2 Å². The third kappa shape index (κ3) is 3.77. The van der Waals surface area contributed by atoms with Gasteiger partial charge in [-0.3, -0.25) is 9.69 Å². The van der Waals surface area contributed by atoms with Crippen LogP contribution >= 0.6 is 0 Å². The van der Waals surface area contributed by atoms with E-state index in [4.69, 9.17) is 0 Å². The van der Waals surface area contributed by atoms with Gasteiger partial charge >= 0.3 is 0 Å². The van der Waals surface area contributed by atoms with Gasteiger partial charge in [0, 0.05) is 32.2 Å². The zero-order valence-electron chi connectivity index (χ0n) is 14.5. The van der Waals surface area contributed by atoms with Gasteiger partial charge in [0.1, 0.15) is 0 Å². The fourth-order valence-electron chi connectivity index (χ4n) is 3.55. The van der Waals surface area contributed by atoms with Gasteiger partial charge in [-0.1, -0.05) is 42.5 Å². The van der Waals surface area contributed by atoms with E-state index in [1.54, 1.807) is 0 Å². The van der Waals surface area contributed by atoms with Gasteiger partial charge in [0.05, 0.1) is 12.5 Å². The first kappa shape index (κ1) is 16.9. The highest BCUT2D eigenvalue weighted by Gasteiger charge is 2.27. The fourth-order valence-corrected chi connectivity index (χ4v) is 3.55. The summed E-state index contributed by atoms with van der Waals surface area (Å²) < 4.78 is 0. The predicted octanol–water partition coefficient (Wildman–Crippen LogP) is 2.30. The number of β-amino-alcohol motifs (C(OH)–C–C–N with tert-alkyl or cyclic N) is 1. The number of rotatable bonds is 4. The Morgan fingerprint density at radius 3 is 2.71 bits per heavy atom. The second-order valence-corrected chi connectivity index (χ2v) is 6.85. The number of aliphatic hydroxyl groups is 1. The average Bonchev–Trinajstić information content (AvgIpc) is 2.56. The van der Waals surface area contributed by atoms with Crippen LogP contribution in [0.25, 0.3) is 10.8 Å². The molecule has 1 fully saturated rings. The molecule has 0 aliphatic carbocycles. The lowest BCUT2D eigenvalue weighted by atomic mass is 10.0. The van der Waals surface area contributed by atoms with Crippen LogP contribution in [0.2, 0.25) is 0 Å². The van der Waals surface area contributed by atoms with Gasteiger partial charge in [-0.15, -0.1) is 0 Å². The molecular formula is C20H26N2O2. The first-order valence-electron chi connectivity index (χ1n) is 8.71. The summed E-state index contributed by atoms with van der Waals surface area (Å²) in [7, 11) is 0. The molecule has 0 aromatic heterocycles. The summed E-state index contributed by atoms with van der Waals surface area (Å²) >= 11 is 0. The van der Waals surface area contributed by atoms with E-state index in [-0.39, 0.29) is 18.1 Å². The lowest BCUT2D eigenvalue weighted by molar-refractivity contribution is -0.133. The number of amides is 1. The molecular weight excluding hydrogens is 300 g/mol. The number of carbonyl (C=O) groups excluding carboxylic acids is 1. The smallest absolute Gasteiger partial charge is 0.227 e. The van der Waals surface area contributed by atoms with Crippen molar-refractivity contribution in [1.82, 2.24) is 9.80 Å². The Labute approximate surface area is 143 Å². The van der Waals surface area contributed by atoms with Crippen molar-refractivity contribution in [2.45, 2.75) is 32.4 Å². The number of benzene rings is 2. The van der Waals surface area contributed by atoms with Crippen molar-refractivity contribution in [3.8, 4) is 0 Å². The van der Waals surface area contributed by atoms with E-state index in [0.29, 0.717) is 13.0 Å². The molecule has 2 aromatic rings. The summed E-state index contributed by atoms with van der Waals surface area (Å²) in [6.45, 7) is 6.90. The number of nitrogens with zero attached hydrogens (tertiary/aromatic N) is 2. The standard InChI is InChI=1S/C20H26N2O2/c1-15-13-22(11-10-21(15)14-16(2)23)20(24)12-18-8-5-7-17-6-3-4-9-19(17)18/h3-9,15-16,23H,10-14H2,1-2H3/t15-,16-/m1/s1. The van der Waals surface area contributed by atoms with Gasteiger partial charge in [-0.2, -0.15) is 0 Å². The third-order valence-corrected chi connectivity index (χ3v) is 4.84. The van der Waals surface area contributed by atoms with Gasteiger partial charge in [-0.25, -0.2) is 0 Å². The van der Waals surface area contributed by atoms with Crippen LogP contribution in [-0.4, -0.2) is 59.1 Å². The summed E-state index contributed by atoms with van der Waals surface area (Å²) in [4.78, 5) is 17.0. The van der Waals surface area contributed by atoms with Gasteiger partial charge in [-0.05, 0) is 30.2 Å². The molecule has 1 heterocycles. The van der Waals surface area contributed by atoms with Crippen molar-refractivity contribution in [2.75, 3.05) is 26.2 Å². The molecule has 1 aliphatic heterocycles. The number of hydrogen-bond donors (Lipinski definition) is 1. The minimum Gasteiger partial charge on any atom is -0.392 e. The van der Waals surface area contributed by atoms with E-state index in [1.807, 2.05) is 36.1 Å². The second kappa shape index (κ2) is 7.32. The number of aliphatic hydroxyl groups excluding tert-OH is 1. The van der Waals surface area contributed by atoms with E-state index >= 15 is 0 Å². The lowest BCUT2D eigenvalue weighted by Gasteiger charge is -2.40. The normalized spacial score (nSPS) is 20.3. The molecule has 1 aliphatic rings. The average molecular weight is 326 g/mol. The van der Waals surface area contributed by atoms with E-state index in [1.165, 1.54) is 5.39 Å². The zero-order valence-corrected chi connectivity index (χ0v) is 14.5. The first-order chi connectivity index (χ1) is 11.5. The van der Waals surface area contributed by atoms with E-state index in [9.17, 15) is 9.90 Å². The molecule has 4 heteroatoms. The molecule has 0 bridgehead atoms. The topological polar surface area (TPSA) is 43.8 Å². The first-order valence-corrected chi connectivity index (χ1v) is 8.71. The predicted molar refractivity (Wildman–Crippen MR) is 96.9 cm³/mol. The van der Waals surface area contributed by atoms with E-state index < -0.39 is 0 Å². The molecule has 0 spiro atoms. The Morgan fingerprint density at radius 1 is 1.21 bits per heavy atom. The minimum atomic E-state index is -0.328. The van der Waals surface area contributed by atoms with Crippen molar-refractivity contribution >= 4 is 16.7 Å². The Balaban J connectivity index is 1.67. The number of hydrogen-bond acceptors (Lipinski definition) is 3. The molecule has 1 saturated heterocycles. The maximum Gasteiger partial charge on any atom is 0.227 e. The third-order valence-electron chi connectivity index (χ3n) is 4.84. The maximum atomic E-state index is 12.7. The zero-order chi connectivity index (χ0) is 17.1. The van der Waals surface area contributed by atoms with Crippen molar-refractivity contribution in [3.63, 3.8) is 0 Å². The van der Waals surface area contributed by atoms with Crippen LogP contribution in [0.3, 0.4) is 0 Å². The molecule has 1 amide bonds. The van der Waals surface area contributed by atoms with E-state index in [2.05, 4.69) is 30.0 Å². The number of piperazine rings is 1. The van der Waals surface area contributed by atoms with E-state index in [0.717, 1.165) is 30.6 Å². The summed E-state index contributed by atoms with van der Waals surface area (Å²) in [6.07, 6.45) is 0.121. The highest BCUT2D eigenvalue weighted by Crippen LogP contribution is 2.20. The van der Waals surface area contributed by atoms with Crippen LogP contribution in [0.15, 0.2) is 42.5 Å². The Morgan fingerprint density at radius 2 is 1.96 bits per heavy atom. The maximum absolute atomic E-state index is 12.7. The quantitative estimate of drug-likeness (QED) is 0.937. The van der Waals surface area contributed by atoms with Crippen LogP contribution in [0.4, 0.5) is 0 Å². The highest BCUT2D eigenvalue weighted by molar-refractivity contribution is 5.90. The largest absolute Gasteiger partial charge is 0.392 e. The molecule has 4 nitrogen and oxygen atoms in total. The SMILES string of the molecule is C[C@@H]1CN(C(=O)Cc2cccc3ccccc23)CCN1C[C@@H](C)O.